The highest BCUT2D eigenvalue weighted by atomic mass is 16.5. The van der Waals surface area contributed by atoms with E-state index in [-0.39, 0.29) is 5.60 Å². The Morgan fingerprint density at radius 1 is 1.21 bits per heavy atom. The molecule has 1 rings (SSSR count). The lowest BCUT2D eigenvalue weighted by atomic mass is 9.85. The summed E-state index contributed by atoms with van der Waals surface area (Å²) in [5, 5.41) is 0. The van der Waals surface area contributed by atoms with E-state index in [9.17, 15) is 0 Å². The van der Waals surface area contributed by atoms with E-state index in [4.69, 9.17) is 10.5 Å². The van der Waals surface area contributed by atoms with E-state index in [0.29, 0.717) is 12.6 Å². The lowest BCUT2D eigenvalue weighted by molar-refractivity contribution is -0.0834. The van der Waals surface area contributed by atoms with Crippen molar-refractivity contribution in [3.8, 4) is 0 Å². The molecular formula is C12H25NO. The molecule has 1 aliphatic rings. The van der Waals surface area contributed by atoms with E-state index < -0.39 is 0 Å². The van der Waals surface area contributed by atoms with E-state index in [1.54, 1.807) is 0 Å². The van der Waals surface area contributed by atoms with Gasteiger partial charge in [-0.2, -0.15) is 0 Å². The molecule has 0 heterocycles. The summed E-state index contributed by atoms with van der Waals surface area (Å²) in [5.74, 6) is 0.941. The lowest BCUT2D eigenvalue weighted by Crippen LogP contribution is -2.39. The summed E-state index contributed by atoms with van der Waals surface area (Å²) in [4.78, 5) is 0. The van der Waals surface area contributed by atoms with Gasteiger partial charge in [-0.3, -0.25) is 0 Å². The van der Waals surface area contributed by atoms with Crippen LogP contribution in [0.3, 0.4) is 0 Å². The van der Waals surface area contributed by atoms with Crippen molar-refractivity contribution >= 4 is 0 Å². The quantitative estimate of drug-likeness (QED) is 0.755. The van der Waals surface area contributed by atoms with Crippen molar-refractivity contribution in [3.05, 3.63) is 0 Å². The predicted molar refractivity (Wildman–Crippen MR) is 60.3 cm³/mol. The second-order valence-corrected chi connectivity index (χ2v) is 5.13. The summed E-state index contributed by atoms with van der Waals surface area (Å²) < 4.78 is 6.00. The van der Waals surface area contributed by atoms with Crippen LogP contribution in [0.5, 0.6) is 0 Å². The average Bonchev–Trinajstić information content (AvgIpc) is 2.19. The fourth-order valence-corrected chi connectivity index (χ4v) is 2.16. The van der Waals surface area contributed by atoms with Gasteiger partial charge in [0.2, 0.25) is 0 Å². The summed E-state index contributed by atoms with van der Waals surface area (Å²) >= 11 is 0. The van der Waals surface area contributed by atoms with Gasteiger partial charge in [-0.1, -0.05) is 13.3 Å². The second-order valence-electron chi connectivity index (χ2n) is 5.13. The van der Waals surface area contributed by atoms with Gasteiger partial charge in [0.05, 0.1) is 11.7 Å². The van der Waals surface area contributed by atoms with Crippen molar-refractivity contribution in [2.75, 3.05) is 6.54 Å². The van der Waals surface area contributed by atoms with Gasteiger partial charge in [-0.25, -0.2) is 0 Å². The summed E-state index contributed by atoms with van der Waals surface area (Å²) in [6.07, 6.45) is 6.90. The first-order valence-electron chi connectivity index (χ1n) is 5.95. The molecule has 0 aromatic carbocycles. The van der Waals surface area contributed by atoms with Gasteiger partial charge in [-0.05, 0) is 45.4 Å². The van der Waals surface area contributed by atoms with Crippen LogP contribution in [0, 0.1) is 5.92 Å². The maximum atomic E-state index is 6.00. The van der Waals surface area contributed by atoms with Gasteiger partial charge in [0, 0.05) is 6.54 Å². The van der Waals surface area contributed by atoms with Crippen molar-refractivity contribution in [2.24, 2.45) is 11.7 Å². The van der Waals surface area contributed by atoms with Gasteiger partial charge in [0.25, 0.3) is 0 Å². The van der Waals surface area contributed by atoms with Crippen molar-refractivity contribution in [2.45, 2.75) is 64.6 Å². The Labute approximate surface area is 88.2 Å². The fraction of sp³-hybridized carbons (Fsp3) is 1.00. The standard InChI is InChI=1S/C12H25NO/c1-4-10-5-7-11(8-6-10)14-12(2,3)9-13/h10-11H,4-9,13H2,1-3H3. The SMILES string of the molecule is CCC1CCC(OC(C)(C)CN)CC1. The first-order chi connectivity index (χ1) is 6.57. The zero-order valence-corrected chi connectivity index (χ0v) is 9.88. The number of hydrogen-bond acceptors (Lipinski definition) is 2. The molecule has 0 spiro atoms. The van der Waals surface area contributed by atoms with Crippen molar-refractivity contribution in [1.82, 2.24) is 0 Å². The van der Waals surface area contributed by atoms with E-state index >= 15 is 0 Å². The Morgan fingerprint density at radius 3 is 2.21 bits per heavy atom. The van der Waals surface area contributed by atoms with Crippen LogP contribution in [0.25, 0.3) is 0 Å². The number of hydrogen-bond donors (Lipinski definition) is 1. The summed E-state index contributed by atoms with van der Waals surface area (Å²) in [6.45, 7) is 7.06. The minimum Gasteiger partial charge on any atom is -0.371 e. The van der Waals surface area contributed by atoms with Crippen LogP contribution in [0.2, 0.25) is 0 Å². The largest absolute Gasteiger partial charge is 0.371 e. The lowest BCUT2D eigenvalue weighted by Gasteiger charge is -2.34. The molecule has 1 aliphatic carbocycles. The van der Waals surface area contributed by atoms with E-state index in [1.807, 2.05) is 0 Å². The van der Waals surface area contributed by atoms with Crippen molar-refractivity contribution < 1.29 is 4.74 Å². The maximum absolute atomic E-state index is 6.00. The van der Waals surface area contributed by atoms with Gasteiger partial charge in [0.1, 0.15) is 0 Å². The topological polar surface area (TPSA) is 35.2 Å². The molecule has 0 amide bonds. The summed E-state index contributed by atoms with van der Waals surface area (Å²) in [7, 11) is 0. The molecule has 0 bridgehead atoms. The smallest absolute Gasteiger partial charge is 0.0751 e. The van der Waals surface area contributed by atoms with Crippen LogP contribution in [-0.4, -0.2) is 18.2 Å². The molecule has 0 aromatic heterocycles. The molecule has 0 radical (unpaired) electrons. The minimum atomic E-state index is -0.135. The van der Waals surface area contributed by atoms with Crippen LogP contribution < -0.4 is 5.73 Å². The normalized spacial score (nSPS) is 29.1. The number of rotatable bonds is 4. The monoisotopic (exact) mass is 199 g/mol. The van der Waals surface area contributed by atoms with Crippen LogP contribution in [0.1, 0.15) is 52.9 Å². The zero-order chi connectivity index (χ0) is 10.6. The van der Waals surface area contributed by atoms with E-state index in [0.717, 1.165) is 5.92 Å². The second kappa shape index (κ2) is 5.13. The Balaban J connectivity index is 2.28. The number of ether oxygens (including phenoxy) is 1. The highest BCUT2D eigenvalue weighted by Crippen LogP contribution is 2.30. The predicted octanol–water partition coefficient (Wildman–Crippen LogP) is 2.71. The fourth-order valence-electron chi connectivity index (χ4n) is 2.16. The third-order valence-corrected chi connectivity index (χ3v) is 3.35. The van der Waals surface area contributed by atoms with Crippen LogP contribution in [0.15, 0.2) is 0 Å². The third-order valence-electron chi connectivity index (χ3n) is 3.35. The van der Waals surface area contributed by atoms with Crippen LogP contribution in [0.4, 0.5) is 0 Å². The first kappa shape index (κ1) is 12.0. The maximum Gasteiger partial charge on any atom is 0.0751 e. The van der Waals surface area contributed by atoms with E-state index in [2.05, 4.69) is 20.8 Å². The van der Waals surface area contributed by atoms with Gasteiger partial charge in [-0.15, -0.1) is 0 Å². The van der Waals surface area contributed by atoms with Crippen molar-refractivity contribution in [3.63, 3.8) is 0 Å². The zero-order valence-electron chi connectivity index (χ0n) is 9.88. The highest BCUT2D eigenvalue weighted by molar-refractivity contribution is 4.77. The van der Waals surface area contributed by atoms with E-state index in [1.165, 1.54) is 32.1 Å². The van der Waals surface area contributed by atoms with Gasteiger partial charge >= 0.3 is 0 Å². The third kappa shape index (κ3) is 3.58. The molecule has 2 nitrogen and oxygen atoms in total. The molecule has 0 atom stereocenters. The highest BCUT2D eigenvalue weighted by Gasteiger charge is 2.26. The molecule has 84 valence electrons. The Kier molecular flexibility index (Phi) is 4.39. The molecule has 2 N–H and O–H groups in total. The molecule has 14 heavy (non-hydrogen) atoms. The number of nitrogens with two attached hydrogens (primary N) is 1. The Bertz CT molecular complexity index is 160. The Hall–Kier alpha value is -0.0800. The first-order valence-corrected chi connectivity index (χ1v) is 5.95. The van der Waals surface area contributed by atoms with Gasteiger partial charge < -0.3 is 10.5 Å². The molecule has 2 heteroatoms. The van der Waals surface area contributed by atoms with Crippen molar-refractivity contribution in [1.29, 1.82) is 0 Å². The summed E-state index contributed by atoms with van der Waals surface area (Å²) in [6, 6.07) is 0. The molecule has 1 fully saturated rings. The molecule has 0 aromatic rings. The molecular weight excluding hydrogens is 174 g/mol. The summed E-state index contributed by atoms with van der Waals surface area (Å²) in [5.41, 5.74) is 5.52. The van der Waals surface area contributed by atoms with Crippen LogP contribution in [-0.2, 0) is 4.74 Å². The minimum absolute atomic E-state index is 0.135. The molecule has 0 unspecified atom stereocenters. The average molecular weight is 199 g/mol. The molecule has 0 saturated heterocycles. The van der Waals surface area contributed by atoms with Crippen LogP contribution >= 0.6 is 0 Å². The van der Waals surface area contributed by atoms with Gasteiger partial charge in [0.15, 0.2) is 0 Å². The Morgan fingerprint density at radius 2 is 1.79 bits per heavy atom. The molecule has 0 aliphatic heterocycles. The molecule has 1 saturated carbocycles.